The van der Waals surface area contributed by atoms with Crippen molar-refractivity contribution in [2.75, 3.05) is 0 Å². The molecule has 0 saturated heterocycles. The minimum atomic E-state index is 0.129. The predicted octanol–water partition coefficient (Wildman–Crippen LogP) is 15.7. The second kappa shape index (κ2) is 13.5. The van der Waals surface area contributed by atoms with E-state index in [9.17, 15) is 0 Å². The number of hydrogen-bond acceptors (Lipinski definition) is 0. The van der Waals surface area contributed by atoms with E-state index in [1.54, 1.807) is 0 Å². The minimum absolute atomic E-state index is 0.129. The average Bonchev–Trinajstić information content (AvgIpc) is 3.96. The fourth-order valence-corrected chi connectivity index (χ4v) is 11.1. The molecule has 13 rings (SSSR count). The van der Waals surface area contributed by atoms with E-state index >= 15 is 0 Å². The third-order valence-corrected chi connectivity index (χ3v) is 13.9. The summed E-state index contributed by atoms with van der Waals surface area (Å²) < 4.78 is 0. The summed E-state index contributed by atoms with van der Waals surface area (Å²) in [5.41, 5.74) is 25.4. The smallest absolute Gasteiger partial charge is 0.0352 e. The van der Waals surface area contributed by atoms with E-state index in [-0.39, 0.29) is 17.8 Å². The highest BCUT2D eigenvalue weighted by Crippen LogP contribution is 2.56. The Morgan fingerprint density at radius 1 is 0.197 bits per heavy atom. The van der Waals surface area contributed by atoms with Gasteiger partial charge in [0.1, 0.15) is 0 Å². The SMILES string of the molecule is c1ccc(-c2ccc(C3c4ccc(-c5ccc6c(c5)-c5ccccc5C6c5ccc6ccccc6c5)cc4-c4cc5c(cc43)C(c3ccccc3)c3ccccc3-5)cc2)cc1. The summed E-state index contributed by atoms with van der Waals surface area (Å²) in [5.74, 6) is 0.533. The molecule has 0 bridgehead atoms. The molecular weight excluding hydrogens is 733 g/mol. The molecule has 0 nitrogen and oxygen atoms in total. The summed E-state index contributed by atoms with van der Waals surface area (Å²) in [6.07, 6.45) is 0. The normalized spacial score (nSPS) is 16.4. The quantitative estimate of drug-likeness (QED) is 0.163. The topological polar surface area (TPSA) is 0 Å². The summed E-state index contributed by atoms with van der Waals surface area (Å²) in [6, 6.07) is 84.5. The Morgan fingerprint density at radius 3 is 1.28 bits per heavy atom. The van der Waals surface area contributed by atoms with Gasteiger partial charge in [0.05, 0.1) is 0 Å². The molecule has 3 atom stereocenters. The van der Waals surface area contributed by atoms with Crippen LogP contribution in [0.25, 0.3) is 66.4 Å². The van der Waals surface area contributed by atoms with Crippen LogP contribution in [-0.2, 0) is 0 Å². The van der Waals surface area contributed by atoms with E-state index in [4.69, 9.17) is 0 Å². The lowest BCUT2D eigenvalue weighted by molar-refractivity contribution is 0.982. The van der Waals surface area contributed by atoms with Gasteiger partial charge in [-0.05, 0) is 135 Å². The highest BCUT2D eigenvalue weighted by atomic mass is 14.4. The lowest BCUT2D eigenvalue weighted by Gasteiger charge is -2.19. The van der Waals surface area contributed by atoms with Gasteiger partial charge in [0.25, 0.3) is 0 Å². The van der Waals surface area contributed by atoms with Crippen LogP contribution < -0.4 is 0 Å². The van der Waals surface area contributed by atoms with E-state index in [0.717, 1.165) is 0 Å². The zero-order chi connectivity index (χ0) is 40.0. The maximum absolute atomic E-state index is 2.57. The van der Waals surface area contributed by atoms with E-state index in [2.05, 4.69) is 224 Å². The molecule has 0 radical (unpaired) electrons. The van der Waals surface area contributed by atoms with Gasteiger partial charge in [-0.25, -0.2) is 0 Å². The predicted molar refractivity (Wildman–Crippen MR) is 253 cm³/mol. The van der Waals surface area contributed by atoms with Crippen molar-refractivity contribution in [2.24, 2.45) is 0 Å². The Bertz CT molecular complexity index is 3350. The van der Waals surface area contributed by atoms with Crippen molar-refractivity contribution in [3.63, 3.8) is 0 Å². The maximum Gasteiger partial charge on any atom is 0.0352 e. The van der Waals surface area contributed by atoms with E-state index in [1.165, 1.54) is 116 Å². The van der Waals surface area contributed by atoms with Gasteiger partial charge in [-0.15, -0.1) is 0 Å². The van der Waals surface area contributed by atoms with Crippen LogP contribution in [0.15, 0.2) is 224 Å². The first-order valence-electron chi connectivity index (χ1n) is 21.6. The number of fused-ring (bicyclic) bond motifs is 10. The van der Waals surface area contributed by atoms with Gasteiger partial charge in [-0.1, -0.05) is 206 Å². The largest absolute Gasteiger partial charge is 0.0622 e. The zero-order valence-electron chi connectivity index (χ0n) is 33.6. The van der Waals surface area contributed by atoms with Crippen molar-refractivity contribution < 1.29 is 0 Å². The number of hydrogen-bond donors (Lipinski definition) is 0. The molecule has 10 aromatic carbocycles. The lowest BCUT2D eigenvalue weighted by atomic mass is 9.84. The summed E-state index contributed by atoms with van der Waals surface area (Å²) in [5, 5.41) is 2.57. The van der Waals surface area contributed by atoms with Gasteiger partial charge < -0.3 is 0 Å². The van der Waals surface area contributed by atoms with Crippen LogP contribution in [0.1, 0.15) is 67.8 Å². The lowest BCUT2D eigenvalue weighted by Crippen LogP contribution is -2.03. The third-order valence-electron chi connectivity index (χ3n) is 13.9. The van der Waals surface area contributed by atoms with Crippen molar-refractivity contribution in [3.8, 4) is 55.6 Å². The molecule has 3 aliphatic rings. The van der Waals surface area contributed by atoms with Crippen molar-refractivity contribution in [3.05, 3.63) is 275 Å². The van der Waals surface area contributed by atoms with Gasteiger partial charge in [0.15, 0.2) is 0 Å². The summed E-state index contributed by atoms with van der Waals surface area (Å²) in [6.45, 7) is 0. The summed E-state index contributed by atoms with van der Waals surface area (Å²) in [4.78, 5) is 0. The van der Waals surface area contributed by atoms with Gasteiger partial charge in [-0.3, -0.25) is 0 Å². The van der Waals surface area contributed by atoms with Gasteiger partial charge in [0.2, 0.25) is 0 Å². The fourth-order valence-electron chi connectivity index (χ4n) is 11.1. The van der Waals surface area contributed by atoms with E-state index in [1.807, 2.05) is 0 Å². The molecule has 0 spiro atoms. The molecule has 0 heteroatoms. The molecule has 61 heavy (non-hydrogen) atoms. The standard InChI is InChI=1S/C61H40/c1-3-13-38(14-4-1)40-23-26-42(27-24-40)60-52-32-30-45(35-54(52)56-36-55-48-20-10-11-21-49(48)59(57(55)37-58(56)60)41-16-5-2-6-17-41)44-29-31-51-53(34-44)47-19-9-12-22-50(47)61(51)46-28-25-39-15-7-8-18-43(39)33-46/h1-37,59-61H. The average molecular weight is 773 g/mol. The van der Waals surface area contributed by atoms with Crippen LogP contribution in [0.5, 0.6) is 0 Å². The molecule has 0 aliphatic heterocycles. The summed E-state index contributed by atoms with van der Waals surface area (Å²) >= 11 is 0. The summed E-state index contributed by atoms with van der Waals surface area (Å²) in [7, 11) is 0. The number of benzene rings is 10. The van der Waals surface area contributed by atoms with E-state index in [0.29, 0.717) is 0 Å². The molecule has 0 N–H and O–H groups in total. The minimum Gasteiger partial charge on any atom is -0.0622 e. The van der Waals surface area contributed by atoms with Crippen LogP contribution in [0, 0.1) is 0 Å². The van der Waals surface area contributed by atoms with Crippen LogP contribution >= 0.6 is 0 Å². The Hall–Kier alpha value is -7.54. The molecule has 0 amide bonds. The first-order chi connectivity index (χ1) is 30.2. The Kier molecular flexibility index (Phi) is 7.60. The molecule has 0 fully saturated rings. The van der Waals surface area contributed by atoms with Gasteiger partial charge in [0, 0.05) is 17.8 Å². The highest BCUT2D eigenvalue weighted by molar-refractivity contribution is 5.93. The monoisotopic (exact) mass is 772 g/mol. The van der Waals surface area contributed by atoms with Crippen molar-refractivity contribution in [1.29, 1.82) is 0 Å². The molecule has 284 valence electrons. The van der Waals surface area contributed by atoms with Crippen LogP contribution in [-0.4, -0.2) is 0 Å². The third kappa shape index (κ3) is 5.32. The fraction of sp³-hybridized carbons (Fsp3) is 0.0492. The van der Waals surface area contributed by atoms with Gasteiger partial charge in [-0.2, -0.15) is 0 Å². The Labute approximate surface area is 357 Å². The molecule has 0 saturated carbocycles. The zero-order valence-corrected chi connectivity index (χ0v) is 33.6. The van der Waals surface area contributed by atoms with Crippen LogP contribution in [0.3, 0.4) is 0 Å². The van der Waals surface area contributed by atoms with Crippen LogP contribution in [0.4, 0.5) is 0 Å². The maximum atomic E-state index is 2.57. The second-order valence-corrected chi connectivity index (χ2v) is 17.1. The van der Waals surface area contributed by atoms with Crippen molar-refractivity contribution >= 4 is 10.8 Å². The molecule has 3 aliphatic carbocycles. The van der Waals surface area contributed by atoms with Crippen molar-refractivity contribution in [2.45, 2.75) is 17.8 Å². The highest BCUT2D eigenvalue weighted by Gasteiger charge is 2.37. The Morgan fingerprint density at radius 2 is 0.623 bits per heavy atom. The van der Waals surface area contributed by atoms with E-state index < -0.39 is 0 Å². The number of rotatable bonds is 5. The molecule has 10 aromatic rings. The Balaban J connectivity index is 0.964. The van der Waals surface area contributed by atoms with Gasteiger partial charge >= 0.3 is 0 Å². The molecule has 0 aromatic heterocycles. The van der Waals surface area contributed by atoms with Crippen LogP contribution in [0.2, 0.25) is 0 Å². The molecular formula is C61H40. The molecule has 3 unspecified atom stereocenters. The first kappa shape index (κ1) is 34.3. The molecule has 0 heterocycles. The van der Waals surface area contributed by atoms with Crippen molar-refractivity contribution in [1.82, 2.24) is 0 Å². The second-order valence-electron chi connectivity index (χ2n) is 17.1. The first-order valence-corrected chi connectivity index (χ1v) is 21.6.